The van der Waals surface area contributed by atoms with Gasteiger partial charge in [-0.25, -0.2) is 9.59 Å². The Kier molecular flexibility index (Phi) is 14.4. The zero-order chi connectivity index (χ0) is 37.8. The Morgan fingerprint density at radius 2 is 1.42 bits per heavy atom. The topological polar surface area (TPSA) is 163 Å². The van der Waals surface area contributed by atoms with E-state index < -0.39 is 59.9 Å². The van der Waals surface area contributed by atoms with Gasteiger partial charge in [0, 0.05) is 13.1 Å². The third-order valence-corrected chi connectivity index (χ3v) is 8.91. The summed E-state index contributed by atoms with van der Waals surface area (Å²) < 4.78 is 11.3. The van der Waals surface area contributed by atoms with E-state index in [1.54, 1.807) is 34.6 Å². The third-order valence-electron chi connectivity index (χ3n) is 8.91. The van der Waals surface area contributed by atoms with Crippen molar-refractivity contribution in [1.82, 2.24) is 15.5 Å². The molecule has 3 amide bonds. The minimum atomic E-state index is -1.22. The summed E-state index contributed by atoms with van der Waals surface area (Å²) in [7, 11) is 0. The van der Waals surface area contributed by atoms with Gasteiger partial charge < -0.3 is 36.1 Å². The van der Waals surface area contributed by atoms with Crippen molar-refractivity contribution >= 4 is 24.2 Å². The number of carbonyl (C=O) groups is 3. The van der Waals surface area contributed by atoms with Crippen LogP contribution in [0.15, 0.2) is 90.5 Å². The van der Waals surface area contributed by atoms with Crippen LogP contribution in [0.1, 0.15) is 56.9 Å². The van der Waals surface area contributed by atoms with Gasteiger partial charge in [-0.1, -0.05) is 105 Å². The number of nitrogens with zero attached hydrogens (tertiary/aromatic N) is 1. The number of amides is 3. The number of nitrogens with one attached hydrogen (secondary N) is 2. The summed E-state index contributed by atoms with van der Waals surface area (Å²) in [6, 6.07) is 24.0. The van der Waals surface area contributed by atoms with Crippen molar-refractivity contribution in [1.29, 1.82) is 0 Å². The molecule has 11 heteroatoms. The van der Waals surface area contributed by atoms with Crippen molar-refractivity contribution in [2.24, 2.45) is 11.7 Å². The number of benzene rings is 3. The normalized spacial score (nSPS) is 15.4. The number of rotatable bonds is 17. The second-order valence-corrected chi connectivity index (χ2v) is 14.7. The van der Waals surface area contributed by atoms with Crippen LogP contribution in [0.25, 0.3) is 6.08 Å². The van der Waals surface area contributed by atoms with Gasteiger partial charge in [-0.05, 0) is 73.8 Å². The molecule has 0 aromatic heterocycles. The Labute approximate surface area is 307 Å². The lowest BCUT2D eigenvalue weighted by atomic mass is 9.94. The Bertz CT molecular complexity index is 1640. The van der Waals surface area contributed by atoms with Crippen molar-refractivity contribution in [2.75, 3.05) is 19.7 Å². The van der Waals surface area contributed by atoms with Gasteiger partial charge in [-0.15, -0.1) is 0 Å². The van der Waals surface area contributed by atoms with Crippen LogP contribution in [0.3, 0.4) is 0 Å². The Morgan fingerprint density at radius 3 is 2.00 bits per heavy atom. The summed E-state index contributed by atoms with van der Waals surface area (Å²) in [5.74, 6) is -1.11. The van der Waals surface area contributed by atoms with E-state index in [1.165, 1.54) is 4.90 Å². The van der Waals surface area contributed by atoms with Gasteiger partial charge in [0.1, 0.15) is 18.2 Å². The summed E-state index contributed by atoms with van der Waals surface area (Å²) >= 11 is 0. The van der Waals surface area contributed by atoms with E-state index in [0.29, 0.717) is 12.8 Å². The van der Waals surface area contributed by atoms with E-state index in [0.717, 1.165) is 27.8 Å². The van der Waals surface area contributed by atoms with Crippen LogP contribution in [-0.4, -0.2) is 88.8 Å². The molecule has 280 valence electrons. The predicted octanol–water partition coefficient (Wildman–Crippen LogP) is 4.63. The number of hydrogen-bond acceptors (Lipinski definition) is 8. The van der Waals surface area contributed by atoms with Crippen LogP contribution in [0.5, 0.6) is 0 Å². The maximum absolute atomic E-state index is 14.1. The van der Waals surface area contributed by atoms with Crippen LogP contribution in [0.2, 0.25) is 0 Å². The third kappa shape index (κ3) is 11.9. The van der Waals surface area contributed by atoms with Gasteiger partial charge in [-0.3, -0.25) is 9.69 Å². The van der Waals surface area contributed by atoms with E-state index >= 15 is 0 Å². The monoisotopic (exact) mass is 714 g/mol. The van der Waals surface area contributed by atoms with E-state index in [9.17, 15) is 24.6 Å². The summed E-state index contributed by atoms with van der Waals surface area (Å²) in [6.07, 6.45) is -0.556. The van der Waals surface area contributed by atoms with Crippen LogP contribution in [0, 0.1) is 5.92 Å². The Balaban J connectivity index is 1.53. The maximum atomic E-state index is 14.1. The number of nitrogens with two attached hydrogens (primary N) is 1. The number of aliphatic hydroxyl groups is 2. The first-order valence-electron chi connectivity index (χ1n) is 17.9. The molecule has 6 N–H and O–H groups in total. The number of fused-ring (bicyclic) bond motifs is 1. The number of hydrogen-bond donors (Lipinski definition) is 5. The standard InChI is InChI=1S/C41H54N4O7/c1-27(2)37(38(42)48)45(40(50)51-26-30-20-31-18-12-13-19-32(31)21-30)34(23-29-16-10-7-11-17-29)36(47)25-43-24-35(46)33(22-28-14-8-6-9-15-28)44-39(49)52-41(3,4)5/h6-20,27,33-37,43,46-47H,21-26H2,1-5H3,(H2,42,48)(H,44,49)/t33-,34-,35?,36?,37+/m1/s1. The van der Waals surface area contributed by atoms with Crippen LogP contribution < -0.4 is 16.4 Å². The molecule has 52 heavy (non-hydrogen) atoms. The molecule has 3 aromatic carbocycles. The molecule has 1 aliphatic rings. The summed E-state index contributed by atoms with van der Waals surface area (Å²) in [4.78, 5) is 41.0. The lowest BCUT2D eigenvalue weighted by Crippen LogP contribution is -2.60. The highest BCUT2D eigenvalue weighted by Gasteiger charge is 2.40. The molecule has 3 aromatic rings. The highest BCUT2D eigenvalue weighted by molar-refractivity contribution is 5.85. The molecule has 0 bridgehead atoms. The maximum Gasteiger partial charge on any atom is 0.411 e. The SMILES string of the molecule is CC(C)[C@@H](C(N)=O)N(C(=O)OCC1=Cc2ccccc2C1)[C@H](Cc1ccccc1)C(O)CNCC(O)[C@@H](Cc1ccccc1)NC(=O)OC(C)(C)C. The molecule has 1 aliphatic carbocycles. The summed E-state index contributed by atoms with van der Waals surface area (Å²) in [6.45, 7) is 8.80. The molecular formula is C41H54N4O7. The van der Waals surface area contributed by atoms with Crippen LogP contribution in [0.4, 0.5) is 9.59 Å². The molecule has 0 aliphatic heterocycles. The minimum absolute atomic E-state index is 0.00892. The first-order chi connectivity index (χ1) is 24.7. The number of carbonyl (C=O) groups excluding carboxylic acids is 3. The van der Waals surface area contributed by atoms with Crippen molar-refractivity contribution in [3.05, 3.63) is 113 Å². The summed E-state index contributed by atoms with van der Waals surface area (Å²) in [5.41, 5.74) is 10.1. The van der Waals surface area contributed by atoms with Crippen LogP contribution in [-0.2, 0) is 33.5 Å². The average molecular weight is 715 g/mol. The van der Waals surface area contributed by atoms with Crippen molar-refractivity contribution in [2.45, 2.75) is 89.8 Å². The van der Waals surface area contributed by atoms with Crippen molar-refractivity contribution < 1.29 is 34.1 Å². The Morgan fingerprint density at radius 1 is 0.846 bits per heavy atom. The van der Waals surface area contributed by atoms with Gasteiger partial charge in [-0.2, -0.15) is 0 Å². The van der Waals surface area contributed by atoms with Crippen molar-refractivity contribution in [3.8, 4) is 0 Å². The molecule has 0 fully saturated rings. The zero-order valence-corrected chi connectivity index (χ0v) is 30.8. The number of alkyl carbamates (subject to hydrolysis) is 1. The second kappa shape index (κ2) is 18.7. The highest BCUT2D eigenvalue weighted by Crippen LogP contribution is 2.26. The first-order valence-corrected chi connectivity index (χ1v) is 17.9. The van der Waals surface area contributed by atoms with Crippen molar-refractivity contribution in [3.63, 3.8) is 0 Å². The Hall–Kier alpha value is -4.71. The number of aliphatic hydroxyl groups excluding tert-OH is 2. The molecular weight excluding hydrogens is 660 g/mol. The quantitative estimate of drug-likeness (QED) is 0.135. The molecule has 0 saturated heterocycles. The fourth-order valence-corrected chi connectivity index (χ4v) is 6.46. The molecule has 0 spiro atoms. The van der Waals surface area contributed by atoms with Gasteiger partial charge in [0.2, 0.25) is 5.91 Å². The molecule has 11 nitrogen and oxygen atoms in total. The fraction of sp³-hybridized carbons (Fsp3) is 0.439. The van der Waals surface area contributed by atoms with E-state index in [-0.39, 0.29) is 26.1 Å². The molecule has 5 atom stereocenters. The molecule has 0 radical (unpaired) electrons. The van der Waals surface area contributed by atoms with E-state index in [2.05, 4.69) is 10.6 Å². The van der Waals surface area contributed by atoms with Gasteiger partial charge >= 0.3 is 12.2 Å². The largest absolute Gasteiger partial charge is 0.445 e. The molecule has 4 rings (SSSR count). The second-order valence-electron chi connectivity index (χ2n) is 14.7. The van der Waals surface area contributed by atoms with Gasteiger partial charge in [0.05, 0.1) is 24.3 Å². The lowest BCUT2D eigenvalue weighted by Gasteiger charge is -2.40. The fourth-order valence-electron chi connectivity index (χ4n) is 6.46. The minimum Gasteiger partial charge on any atom is -0.445 e. The number of ether oxygens (including phenoxy) is 2. The summed E-state index contributed by atoms with van der Waals surface area (Å²) in [5, 5.41) is 29.0. The molecule has 0 heterocycles. The average Bonchev–Trinajstić information content (AvgIpc) is 3.51. The predicted molar refractivity (Wildman–Crippen MR) is 201 cm³/mol. The first kappa shape index (κ1) is 40.1. The lowest BCUT2D eigenvalue weighted by molar-refractivity contribution is -0.126. The smallest absolute Gasteiger partial charge is 0.411 e. The zero-order valence-electron chi connectivity index (χ0n) is 30.8. The van der Waals surface area contributed by atoms with E-state index in [1.807, 2.05) is 91.0 Å². The van der Waals surface area contributed by atoms with Gasteiger partial charge in [0.25, 0.3) is 0 Å². The molecule has 2 unspecified atom stereocenters. The van der Waals surface area contributed by atoms with E-state index in [4.69, 9.17) is 15.2 Å². The van der Waals surface area contributed by atoms with Crippen LogP contribution >= 0.6 is 0 Å². The molecule has 0 saturated carbocycles. The number of primary amides is 1. The highest BCUT2D eigenvalue weighted by atomic mass is 16.6. The van der Waals surface area contributed by atoms with Gasteiger partial charge in [0.15, 0.2) is 0 Å².